The highest BCUT2D eigenvalue weighted by Gasteiger charge is 2.23. The van der Waals surface area contributed by atoms with Crippen molar-refractivity contribution < 1.29 is 9.90 Å². The normalized spacial score (nSPS) is 13.6. The number of nitrogens with one attached hydrogen (secondary N) is 1. The number of nitrogens with zero attached hydrogens (tertiary/aromatic N) is 1. The molecule has 1 unspecified atom stereocenters. The molecule has 0 spiro atoms. The van der Waals surface area contributed by atoms with Gasteiger partial charge in [0.15, 0.2) is 0 Å². The summed E-state index contributed by atoms with van der Waals surface area (Å²) in [6.45, 7) is 3.52. The van der Waals surface area contributed by atoms with Crippen LogP contribution in [0.2, 0.25) is 0 Å². The maximum atomic E-state index is 11.9. The largest absolute Gasteiger partial charge is 0.394 e. The number of benzene rings is 1. The maximum absolute atomic E-state index is 11.9. The molecule has 2 N–H and O–H groups in total. The highest BCUT2D eigenvalue weighted by Crippen LogP contribution is 2.10. The van der Waals surface area contributed by atoms with E-state index in [1.54, 1.807) is 0 Å². The molecular formula is C15H20N2O2. The van der Waals surface area contributed by atoms with Gasteiger partial charge in [-0.3, -0.25) is 4.79 Å². The molecule has 102 valence electrons. The van der Waals surface area contributed by atoms with Gasteiger partial charge in [0.1, 0.15) is 5.92 Å². The van der Waals surface area contributed by atoms with E-state index in [1.165, 1.54) is 0 Å². The number of nitriles is 1. The van der Waals surface area contributed by atoms with Crippen molar-refractivity contribution in [2.45, 2.75) is 26.3 Å². The van der Waals surface area contributed by atoms with Gasteiger partial charge in [-0.15, -0.1) is 0 Å². The first kappa shape index (κ1) is 15.2. The number of rotatable bonds is 6. The quantitative estimate of drug-likeness (QED) is 0.814. The van der Waals surface area contributed by atoms with Crippen LogP contribution in [0, 0.1) is 23.2 Å². The minimum atomic E-state index is -0.676. The average Bonchev–Trinajstić information content (AvgIpc) is 2.39. The predicted molar refractivity (Wildman–Crippen MR) is 73.1 cm³/mol. The van der Waals surface area contributed by atoms with Crippen LogP contribution < -0.4 is 5.32 Å². The summed E-state index contributed by atoms with van der Waals surface area (Å²) >= 11 is 0. The fraction of sp³-hybridized carbons (Fsp3) is 0.467. The summed E-state index contributed by atoms with van der Waals surface area (Å²) in [6, 6.07) is 11.3. The zero-order chi connectivity index (χ0) is 14.3. The molecule has 0 heterocycles. The molecule has 0 bridgehead atoms. The number of carbonyl (C=O) groups is 1. The molecule has 0 aliphatic heterocycles. The third-order valence-electron chi connectivity index (χ3n) is 2.98. The first-order chi connectivity index (χ1) is 9.08. The van der Waals surface area contributed by atoms with Crippen LogP contribution in [0.15, 0.2) is 30.3 Å². The van der Waals surface area contributed by atoms with Crippen molar-refractivity contribution >= 4 is 5.91 Å². The molecule has 0 fully saturated rings. The SMILES string of the molecule is CC(C)C(C#N)C(=O)N[C@H](CO)Cc1ccccc1. The summed E-state index contributed by atoms with van der Waals surface area (Å²) in [4.78, 5) is 11.9. The van der Waals surface area contributed by atoms with Crippen LogP contribution >= 0.6 is 0 Å². The summed E-state index contributed by atoms with van der Waals surface area (Å²) in [6.07, 6.45) is 0.555. The fourth-order valence-corrected chi connectivity index (χ4v) is 1.86. The van der Waals surface area contributed by atoms with Crippen LogP contribution in [0.1, 0.15) is 19.4 Å². The van der Waals surface area contributed by atoms with E-state index in [1.807, 2.05) is 50.2 Å². The van der Waals surface area contributed by atoms with E-state index in [0.717, 1.165) is 5.56 Å². The molecule has 0 aliphatic carbocycles. The van der Waals surface area contributed by atoms with Crippen LogP contribution in [0.4, 0.5) is 0 Å². The van der Waals surface area contributed by atoms with Crippen LogP contribution in [-0.4, -0.2) is 23.7 Å². The van der Waals surface area contributed by atoms with Gasteiger partial charge in [-0.25, -0.2) is 0 Å². The van der Waals surface area contributed by atoms with Crippen molar-refractivity contribution in [2.24, 2.45) is 11.8 Å². The Labute approximate surface area is 114 Å². The van der Waals surface area contributed by atoms with Crippen molar-refractivity contribution in [1.29, 1.82) is 5.26 Å². The average molecular weight is 260 g/mol. The van der Waals surface area contributed by atoms with Gasteiger partial charge in [0.2, 0.25) is 5.91 Å². The van der Waals surface area contributed by atoms with E-state index in [9.17, 15) is 9.90 Å². The lowest BCUT2D eigenvalue weighted by Crippen LogP contribution is -2.43. The monoisotopic (exact) mass is 260 g/mol. The van der Waals surface area contributed by atoms with E-state index in [2.05, 4.69) is 5.32 Å². The molecule has 0 radical (unpaired) electrons. The van der Waals surface area contributed by atoms with E-state index < -0.39 is 5.92 Å². The van der Waals surface area contributed by atoms with Crippen molar-refractivity contribution in [2.75, 3.05) is 6.61 Å². The fourth-order valence-electron chi connectivity index (χ4n) is 1.86. The lowest BCUT2D eigenvalue weighted by molar-refractivity contribution is -0.125. The second kappa shape index (κ2) is 7.55. The van der Waals surface area contributed by atoms with Gasteiger partial charge in [0, 0.05) is 0 Å². The van der Waals surface area contributed by atoms with Gasteiger partial charge < -0.3 is 10.4 Å². The Morgan fingerprint density at radius 3 is 2.47 bits per heavy atom. The van der Waals surface area contributed by atoms with E-state index >= 15 is 0 Å². The second-order valence-electron chi connectivity index (χ2n) is 4.93. The number of carbonyl (C=O) groups excluding carboxylic acids is 1. The van der Waals surface area contributed by atoms with Gasteiger partial charge in [-0.05, 0) is 17.9 Å². The van der Waals surface area contributed by atoms with Crippen molar-refractivity contribution in [1.82, 2.24) is 5.32 Å². The Morgan fingerprint density at radius 2 is 2.00 bits per heavy atom. The Bertz CT molecular complexity index is 437. The van der Waals surface area contributed by atoms with Crippen molar-refractivity contribution in [3.05, 3.63) is 35.9 Å². The molecular weight excluding hydrogens is 240 g/mol. The highest BCUT2D eigenvalue weighted by molar-refractivity contribution is 5.81. The molecule has 4 heteroatoms. The minimum Gasteiger partial charge on any atom is -0.394 e. The minimum absolute atomic E-state index is 0.0407. The number of amides is 1. The third kappa shape index (κ3) is 4.72. The van der Waals surface area contributed by atoms with Gasteiger partial charge in [-0.2, -0.15) is 5.26 Å². The van der Waals surface area contributed by atoms with Gasteiger partial charge >= 0.3 is 0 Å². The summed E-state index contributed by atoms with van der Waals surface area (Å²) in [7, 11) is 0. The summed E-state index contributed by atoms with van der Waals surface area (Å²) in [5.74, 6) is -1.03. The highest BCUT2D eigenvalue weighted by atomic mass is 16.3. The first-order valence-electron chi connectivity index (χ1n) is 6.43. The van der Waals surface area contributed by atoms with Gasteiger partial charge in [0.25, 0.3) is 0 Å². The van der Waals surface area contributed by atoms with E-state index in [-0.39, 0.29) is 24.5 Å². The topological polar surface area (TPSA) is 73.1 Å². The van der Waals surface area contributed by atoms with Gasteiger partial charge in [-0.1, -0.05) is 44.2 Å². The smallest absolute Gasteiger partial charge is 0.237 e. The number of aliphatic hydroxyl groups excluding tert-OH is 1. The van der Waals surface area contributed by atoms with Gasteiger partial charge in [0.05, 0.1) is 18.7 Å². The standard InChI is InChI=1S/C15H20N2O2/c1-11(2)14(9-16)15(19)17-13(10-18)8-12-6-4-3-5-7-12/h3-7,11,13-14,18H,8,10H2,1-2H3,(H,17,19)/t13-,14?/m0/s1. The Hall–Kier alpha value is -1.86. The summed E-state index contributed by atoms with van der Waals surface area (Å²) in [5.41, 5.74) is 1.04. The molecule has 1 rings (SSSR count). The first-order valence-corrected chi connectivity index (χ1v) is 6.43. The Balaban J connectivity index is 2.62. The van der Waals surface area contributed by atoms with Crippen LogP contribution in [0.5, 0.6) is 0 Å². The Kier molecular flexibility index (Phi) is 6.04. The molecule has 19 heavy (non-hydrogen) atoms. The number of hydrogen-bond donors (Lipinski definition) is 2. The molecule has 0 saturated heterocycles. The second-order valence-corrected chi connectivity index (χ2v) is 4.93. The number of aliphatic hydroxyl groups is 1. The molecule has 1 aromatic rings. The lowest BCUT2D eigenvalue weighted by Gasteiger charge is -2.19. The molecule has 0 aromatic heterocycles. The van der Waals surface area contributed by atoms with Crippen LogP contribution in [0.25, 0.3) is 0 Å². The summed E-state index contributed by atoms with van der Waals surface area (Å²) in [5, 5.41) is 21.0. The molecule has 4 nitrogen and oxygen atoms in total. The number of hydrogen-bond acceptors (Lipinski definition) is 3. The van der Waals surface area contributed by atoms with Crippen LogP contribution in [-0.2, 0) is 11.2 Å². The van der Waals surface area contributed by atoms with Crippen LogP contribution in [0.3, 0.4) is 0 Å². The molecule has 0 saturated carbocycles. The molecule has 1 amide bonds. The Morgan fingerprint density at radius 1 is 1.37 bits per heavy atom. The summed E-state index contributed by atoms with van der Waals surface area (Å²) < 4.78 is 0. The zero-order valence-corrected chi connectivity index (χ0v) is 11.3. The third-order valence-corrected chi connectivity index (χ3v) is 2.98. The van der Waals surface area contributed by atoms with E-state index in [0.29, 0.717) is 6.42 Å². The van der Waals surface area contributed by atoms with Crippen molar-refractivity contribution in [3.8, 4) is 6.07 Å². The molecule has 1 aromatic carbocycles. The predicted octanol–water partition coefficient (Wildman–Crippen LogP) is 1.50. The van der Waals surface area contributed by atoms with E-state index in [4.69, 9.17) is 5.26 Å². The van der Waals surface area contributed by atoms with Crippen molar-refractivity contribution in [3.63, 3.8) is 0 Å². The molecule has 2 atom stereocenters. The maximum Gasteiger partial charge on any atom is 0.237 e. The zero-order valence-electron chi connectivity index (χ0n) is 11.3. The molecule has 0 aliphatic rings. The lowest BCUT2D eigenvalue weighted by atomic mass is 9.96.